The van der Waals surface area contributed by atoms with Crippen LogP contribution in [0.4, 0.5) is 8.78 Å². The zero-order valence-electron chi connectivity index (χ0n) is 10.5. The van der Waals surface area contributed by atoms with Crippen molar-refractivity contribution in [2.75, 3.05) is 7.05 Å². The maximum Gasteiger partial charge on any atom is 0.129 e. The van der Waals surface area contributed by atoms with Gasteiger partial charge in [-0.05, 0) is 65.4 Å². The molecule has 0 aromatic heterocycles. The van der Waals surface area contributed by atoms with E-state index in [1.165, 1.54) is 12.1 Å². The van der Waals surface area contributed by atoms with Crippen LogP contribution in [0.3, 0.4) is 0 Å². The number of rotatable bonds is 4. The molecule has 2 aromatic carbocycles. The zero-order chi connectivity index (χ0) is 13.8. The van der Waals surface area contributed by atoms with Gasteiger partial charge in [-0.3, -0.25) is 0 Å². The molecule has 0 aliphatic carbocycles. The van der Waals surface area contributed by atoms with Crippen LogP contribution < -0.4 is 5.32 Å². The Labute approximate surface area is 125 Å². The number of hydrogen-bond acceptors (Lipinski definition) is 1. The molecule has 1 N–H and O–H groups in total. The lowest BCUT2D eigenvalue weighted by Gasteiger charge is -2.17. The van der Waals surface area contributed by atoms with Gasteiger partial charge in [0.05, 0.1) is 0 Å². The maximum absolute atomic E-state index is 13.7. The smallest absolute Gasteiger partial charge is 0.129 e. The van der Waals surface area contributed by atoms with Crippen molar-refractivity contribution in [2.45, 2.75) is 12.5 Å². The summed E-state index contributed by atoms with van der Waals surface area (Å²) < 4.78 is 27.7. The molecule has 0 heterocycles. The van der Waals surface area contributed by atoms with Gasteiger partial charge in [0.25, 0.3) is 0 Å². The predicted molar refractivity (Wildman–Crippen MR) is 81.0 cm³/mol. The third kappa shape index (κ3) is 3.73. The van der Waals surface area contributed by atoms with E-state index in [1.807, 2.05) is 31.3 Å². The van der Waals surface area contributed by atoms with Gasteiger partial charge in [0, 0.05) is 15.7 Å². The number of halogens is 3. The number of nitrogens with one attached hydrogen (secondary N) is 1. The Kier molecular flexibility index (Phi) is 4.87. The summed E-state index contributed by atoms with van der Waals surface area (Å²) in [6.45, 7) is 0. The van der Waals surface area contributed by atoms with E-state index in [9.17, 15) is 8.78 Å². The van der Waals surface area contributed by atoms with Gasteiger partial charge in [0.1, 0.15) is 11.6 Å². The predicted octanol–water partition coefficient (Wildman–Crippen LogP) is 4.07. The van der Waals surface area contributed by atoms with Crippen LogP contribution in [-0.4, -0.2) is 7.05 Å². The van der Waals surface area contributed by atoms with Crippen molar-refractivity contribution in [2.24, 2.45) is 0 Å². The fourth-order valence-corrected chi connectivity index (χ4v) is 2.35. The van der Waals surface area contributed by atoms with E-state index in [4.69, 9.17) is 0 Å². The fourth-order valence-electron chi connectivity index (χ4n) is 1.99. The molecule has 0 spiro atoms. The molecule has 0 radical (unpaired) electrons. The van der Waals surface area contributed by atoms with E-state index in [-0.39, 0.29) is 6.04 Å². The standard InChI is InChI=1S/C15H14F2IN/c1-19-15(10-3-6-13(18)7-4-10)8-11-2-5-12(16)9-14(11)17/h2-7,9,15,19H,8H2,1H3. The number of hydrogen-bond donors (Lipinski definition) is 1. The van der Waals surface area contributed by atoms with Gasteiger partial charge >= 0.3 is 0 Å². The molecular weight excluding hydrogens is 359 g/mol. The Morgan fingerprint density at radius 2 is 1.79 bits per heavy atom. The first-order valence-corrected chi connectivity index (χ1v) is 7.04. The topological polar surface area (TPSA) is 12.0 Å². The summed E-state index contributed by atoms with van der Waals surface area (Å²) >= 11 is 2.24. The Bertz CT molecular complexity index is 555. The average Bonchev–Trinajstić information content (AvgIpc) is 2.39. The lowest BCUT2D eigenvalue weighted by Crippen LogP contribution is -2.19. The summed E-state index contributed by atoms with van der Waals surface area (Å²) in [5, 5.41) is 3.17. The van der Waals surface area contributed by atoms with Crippen LogP contribution in [0.2, 0.25) is 0 Å². The van der Waals surface area contributed by atoms with Crippen molar-refractivity contribution in [3.8, 4) is 0 Å². The molecule has 0 fully saturated rings. The van der Waals surface area contributed by atoms with Gasteiger partial charge < -0.3 is 5.32 Å². The van der Waals surface area contributed by atoms with Gasteiger partial charge in [-0.15, -0.1) is 0 Å². The van der Waals surface area contributed by atoms with Crippen molar-refractivity contribution in [1.82, 2.24) is 5.32 Å². The third-order valence-electron chi connectivity index (χ3n) is 3.06. The van der Waals surface area contributed by atoms with Crippen LogP contribution in [0.1, 0.15) is 17.2 Å². The van der Waals surface area contributed by atoms with Crippen LogP contribution in [0.15, 0.2) is 42.5 Å². The molecule has 0 amide bonds. The number of likely N-dealkylation sites (N-methyl/N-ethyl adjacent to an activating group) is 1. The van der Waals surface area contributed by atoms with E-state index >= 15 is 0 Å². The molecule has 1 unspecified atom stereocenters. The lowest BCUT2D eigenvalue weighted by molar-refractivity contribution is 0.541. The van der Waals surface area contributed by atoms with E-state index in [0.717, 1.165) is 15.2 Å². The highest BCUT2D eigenvalue weighted by Gasteiger charge is 2.13. The molecule has 1 atom stereocenters. The minimum absolute atomic E-state index is 0.0111. The van der Waals surface area contributed by atoms with Gasteiger partial charge in [-0.2, -0.15) is 0 Å². The number of benzene rings is 2. The summed E-state index contributed by atoms with van der Waals surface area (Å²) in [7, 11) is 1.84. The molecule has 100 valence electrons. The first-order valence-electron chi connectivity index (χ1n) is 5.97. The van der Waals surface area contributed by atoms with Crippen LogP contribution >= 0.6 is 22.6 Å². The Morgan fingerprint density at radius 1 is 1.11 bits per heavy atom. The minimum Gasteiger partial charge on any atom is -0.313 e. The molecule has 1 nitrogen and oxygen atoms in total. The van der Waals surface area contributed by atoms with Gasteiger partial charge in [0.15, 0.2) is 0 Å². The average molecular weight is 373 g/mol. The quantitative estimate of drug-likeness (QED) is 0.797. The van der Waals surface area contributed by atoms with Gasteiger partial charge in [0.2, 0.25) is 0 Å². The Balaban J connectivity index is 2.21. The first kappa shape index (κ1) is 14.4. The lowest BCUT2D eigenvalue weighted by atomic mass is 9.99. The molecule has 0 aliphatic rings. The van der Waals surface area contributed by atoms with E-state index < -0.39 is 11.6 Å². The second-order valence-corrected chi connectivity index (χ2v) is 5.58. The first-order chi connectivity index (χ1) is 9.10. The molecule has 4 heteroatoms. The highest BCUT2D eigenvalue weighted by molar-refractivity contribution is 14.1. The Hall–Kier alpha value is -1.01. The molecule has 0 bridgehead atoms. The highest BCUT2D eigenvalue weighted by Crippen LogP contribution is 2.21. The summed E-state index contributed by atoms with van der Waals surface area (Å²) in [5.74, 6) is -1.04. The maximum atomic E-state index is 13.7. The minimum atomic E-state index is -0.545. The van der Waals surface area contributed by atoms with Gasteiger partial charge in [-0.1, -0.05) is 18.2 Å². The molecule has 2 rings (SSSR count). The van der Waals surface area contributed by atoms with Crippen molar-refractivity contribution >= 4 is 22.6 Å². The SMILES string of the molecule is CNC(Cc1ccc(F)cc1F)c1ccc(I)cc1. The molecule has 0 saturated carbocycles. The molecule has 19 heavy (non-hydrogen) atoms. The summed E-state index contributed by atoms with van der Waals surface area (Å²) in [6.07, 6.45) is 0.489. The molecule has 0 saturated heterocycles. The highest BCUT2D eigenvalue weighted by atomic mass is 127. The van der Waals surface area contributed by atoms with Crippen molar-refractivity contribution in [3.63, 3.8) is 0 Å². The monoisotopic (exact) mass is 373 g/mol. The molecule has 2 aromatic rings. The molecule has 0 aliphatic heterocycles. The van der Waals surface area contributed by atoms with E-state index in [0.29, 0.717) is 12.0 Å². The van der Waals surface area contributed by atoms with E-state index in [1.54, 1.807) is 0 Å². The summed E-state index contributed by atoms with van der Waals surface area (Å²) in [5.41, 5.74) is 1.60. The van der Waals surface area contributed by atoms with Crippen LogP contribution in [0, 0.1) is 15.2 Å². The molecular formula is C15H14F2IN. The normalized spacial score (nSPS) is 12.4. The summed E-state index contributed by atoms with van der Waals surface area (Å²) in [4.78, 5) is 0. The van der Waals surface area contributed by atoms with Crippen LogP contribution in [0.5, 0.6) is 0 Å². The van der Waals surface area contributed by atoms with Crippen molar-refractivity contribution in [3.05, 3.63) is 68.8 Å². The summed E-state index contributed by atoms with van der Waals surface area (Å²) in [6, 6.07) is 11.8. The van der Waals surface area contributed by atoms with Gasteiger partial charge in [-0.25, -0.2) is 8.78 Å². The van der Waals surface area contributed by atoms with Crippen molar-refractivity contribution in [1.29, 1.82) is 0 Å². The largest absolute Gasteiger partial charge is 0.313 e. The van der Waals surface area contributed by atoms with E-state index in [2.05, 4.69) is 27.9 Å². The fraction of sp³-hybridized carbons (Fsp3) is 0.200. The second-order valence-electron chi connectivity index (χ2n) is 4.33. The second kappa shape index (κ2) is 6.43. The Morgan fingerprint density at radius 3 is 2.37 bits per heavy atom. The van der Waals surface area contributed by atoms with Crippen molar-refractivity contribution < 1.29 is 8.78 Å². The zero-order valence-corrected chi connectivity index (χ0v) is 12.6. The van der Waals surface area contributed by atoms with Crippen LogP contribution in [-0.2, 0) is 6.42 Å². The third-order valence-corrected chi connectivity index (χ3v) is 3.78. The van der Waals surface area contributed by atoms with Crippen LogP contribution in [0.25, 0.3) is 0 Å².